The Bertz CT molecular complexity index is 280. The maximum atomic E-state index is 3.51. The molecule has 0 bridgehead atoms. The third-order valence-corrected chi connectivity index (χ3v) is 4.13. The van der Waals surface area contributed by atoms with Gasteiger partial charge in [-0.05, 0) is 43.7 Å². The van der Waals surface area contributed by atoms with Crippen molar-refractivity contribution in [2.24, 2.45) is 0 Å². The first-order valence-corrected chi connectivity index (χ1v) is 6.74. The predicted octanol–water partition coefficient (Wildman–Crippen LogP) is 3.29. The summed E-state index contributed by atoms with van der Waals surface area (Å²) >= 11 is 5.38. The second kappa shape index (κ2) is 5.19. The van der Waals surface area contributed by atoms with Gasteiger partial charge in [-0.15, -0.1) is 11.8 Å². The summed E-state index contributed by atoms with van der Waals surface area (Å²) in [6.45, 7) is 1.20. The first-order chi connectivity index (χ1) is 6.84. The number of rotatable bonds is 3. The SMILES string of the molecule is Brc1ccc(SCC2CCCN2)cc1. The Morgan fingerprint density at radius 2 is 2.14 bits per heavy atom. The molecule has 1 unspecified atom stereocenters. The highest BCUT2D eigenvalue weighted by Crippen LogP contribution is 2.23. The molecule has 1 N–H and O–H groups in total. The summed E-state index contributed by atoms with van der Waals surface area (Å²) in [5, 5.41) is 3.51. The average Bonchev–Trinajstić information content (AvgIpc) is 2.70. The minimum atomic E-state index is 0.726. The van der Waals surface area contributed by atoms with Crippen molar-refractivity contribution in [2.75, 3.05) is 12.3 Å². The Morgan fingerprint density at radius 3 is 2.79 bits per heavy atom. The van der Waals surface area contributed by atoms with Gasteiger partial charge in [0.25, 0.3) is 0 Å². The molecule has 0 aromatic heterocycles. The third-order valence-electron chi connectivity index (χ3n) is 2.43. The largest absolute Gasteiger partial charge is 0.313 e. The molecule has 1 aliphatic heterocycles. The van der Waals surface area contributed by atoms with E-state index in [0.717, 1.165) is 10.5 Å². The topological polar surface area (TPSA) is 12.0 Å². The lowest BCUT2D eigenvalue weighted by molar-refractivity contribution is 0.674. The molecule has 1 heterocycles. The molecule has 0 radical (unpaired) electrons. The highest BCUT2D eigenvalue weighted by molar-refractivity contribution is 9.10. The van der Waals surface area contributed by atoms with Gasteiger partial charge in [-0.1, -0.05) is 15.9 Å². The first kappa shape index (κ1) is 10.5. The van der Waals surface area contributed by atoms with Gasteiger partial charge < -0.3 is 5.32 Å². The zero-order valence-electron chi connectivity index (χ0n) is 8.00. The van der Waals surface area contributed by atoms with Gasteiger partial charge in [0.2, 0.25) is 0 Å². The van der Waals surface area contributed by atoms with E-state index in [1.54, 1.807) is 0 Å². The van der Waals surface area contributed by atoms with Crippen molar-refractivity contribution in [3.63, 3.8) is 0 Å². The van der Waals surface area contributed by atoms with Gasteiger partial charge in [0.15, 0.2) is 0 Å². The minimum absolute atomic E-state index is 0.726. The quantitative estimate of drug-likeness (QED) is 0.847. The number of halogens is 1. The number of nitrogens with one attached hydrogen (secondary N) is 1. The summed E-state index contributed by atoms with van der Waals surface area (Å²) in [6.07, 6.45) is 2.68. The Labute approximate surface area is 97.8 Å². The van der Waals surface area contributed by atoms with Gasteiger partial charge in [-0.3, -0.25) is 0 Å². The molecule has 3 heteroatoms. The average molecular weight is 272 g/mol. The second-order valence-corrected chi connectivity index (χ2v) is 5.57. The molecule has 1 aliphatic rings. The number of hydrogen-bond donors (Lipinski definition) is 1. The minimum Gasteiger partial charge on any atom is -0.313 e. The number of thioether (sulfide) groups is 1. The summed E-state index contributed by atoms with van der Waals surface area (Å²) in [5.41, 5.74) is 0. The predicted molar refractivity (Wildman–Crippen MR) is 65.9 cm³/mol. The van der Waals surface area contributed by atoms with Crippen LogP contribution in [0.15, 0.2) is 33.6 Å². The van der Waals surface area contributed by atoms with Crippen LogP contribution in [0.2, 0.25) is 0 Å². The molecular formula is C11H14BrNS. The zero-order chi connectivity index (χ0) is 9.80. The maximum absolute atomic E-state index is 3.51. The smallest absolute Gasteiger partial charge is 0.0176 e. The highest BCUT2D eigenvalue weighted by atomic mass is 79.9. The molecule has 1 fully saturated rings. The summed E-state index contributed by atoms with van der Waals surface area (Å²) in [5.74, 6) is 1.20. The van der Waals surface area contributed by atoms with E-state index in [0.29, 0.717) is 0 Å². The Morgan fingerprint density at radius 1 is 1.36 bits per heavy atom. The molecule has 1 nitrogen and oxygen atoms in total. The van der Waals surface area contributed by atoms with Crippen LogP contribution < -0.4 is 5.32 Å². The van der Waals surface area contributed by atoms with Gasteiger partial charge in [-0.2, -0.15) is 0 Å². The molecule has 0 aliphatic carbocycles. The van der Waals surface area contributed by atoms with Crippen LogP contribution in [0.3, 0.4) is 0 Å². The highest BCUT2D eigenvalue weighted by Gasteiger charge is 2.13. The van der Waals surface area contributed by atoms with E-state index >= 15 is 0 Å². The fourth-order valence-corrected chi connectivity index (χ4v) is 2.90. The van der Waals surface area contributed by atoms with Gasteiger partial charge >= 0.3 is 0 Å². The van der Waals surface area contributed by atoms with Gasteiger partial charge in [-0.25, -0.2) is 0 Å². The summed E-state index contributed by atoms with van der Waals surface area (Å²) in [7, 11) is 0. The molecule has 14 heavy (non-hydrogen) atoms. The lowest BCUT2D eigenvalue weighted by Crippen LogP contribution is -2.23. The van der Waals surface area contributed by atoms with E-state index in [1.807, 2.05) is 11.8 Å². The first-order valence-electron chi connectivity index (χ1n) is 4.96. The van der Waals surface area contributed by atoms with Crippen molar-refractivity contribution >= 4 is 27.7 Å². The van der Waals surface area contributed by atoms with Crippen LogP contribution in [0, 0.1) is 0 Å². The van der Waals surface area contributed by atoms with E-state index in [-0.39, 0.29) is 0 Å². The van der Waals surface area contributed by atoms with Crippen LogP contribution in [0.1, 0.15) is 12.8 Å². The van der Waals surface area contributed by atoms with Crippen molar-refractivity contribution in [3.8, 4) is 0 Å². The fourth-order valence-electron chi connectivity index (χ4n) is 1.63. The zero-order valence-corrected chi connectivity index (χ0v) is 10.4. The van der Waals surface area contributed by atoms with Crippen molar-refractivity contribution in [1.29, 1.82) is 0 Å². The lowest BCUT2D eigenvalue weighted by Gasteiger charge is -2.08. The molecule has 76 valence electrons. The Balaban J connectivity index is 1.82. The molecule has 1 saturated heterocycles. The van der Waals surface area contributed by atoms with E-state index < -0.39 is 0 Å². The van der Waals surface area contributed by atoms with Crippen molar-refractivity contribution in [3.05, 3.63) is 28.7 Å². The van der Waals surface area contributed by atoms with E-state index in [4.69, 9.17) is 0 Å². The fraction of sp³-hybridized carbons (Fsp3) is 0.455. The lowest BCUT2D eigenvalue weighted by atomic mass is 10.3. The van der Waals surface area contributed by atoms with Crippen LogP contribution in [-0.2, 0) is 0 Å². The van der Waals surface area contributed by atoms with Crippen molar-refractivity contribution in [1.82, 2.24) is 5.32 Å². The third kappa shape index (κ3) is 3.01. The molecule has 1 aromatic rings. The molecule has 0 spiro atoms. The molecule has 0 saturated carbocycles. The van der Waals surface area contributed by atoms with Crippen LogP contribution in [-0.4, -0.2) is 18.3 Å². The second-order valence-electron chi connectivity index (χ2n) is 3.56. The Kier molecular flexibility index (Phi) is 3.90. The van der Waals surface area contributed by atoms with Crippen LogP contribution in [0.4, 0.5) is 0 Å². The molecule has 2 rings (SSSR count). The van der Waals surface area contributed by atoms with Crippen molar-refractivity contribution in [2.45, 2.75) is 23.8 Å². The normalized spacial score (nSPS) is 21.4. The molecule has 0 amide bonds. The summed E-state index contributed by atoms with van der Waals surface area (Å²) in [6, 6.07) is 9.27. The molecule has 1 aromatic carbocycles. The molecular weight excluding hydrogens is 258 g/mol. The summed E-state index contributed by atoms with van der Waals surface area (Å²) in [4.78, 5) is 1.36. The standard InChI is InChI=1S/C11H14BrNS/c12-9-3-5-11(6-4-9)14-8-10-2-1-7-13-10/h3-6,10,13H,1-2,7-8H2. The number of benzene rings is 1. The molecule has 1 atom stereocenters. The van der Waals surface area contributed by atoms with Gasteiger partial charge in [0, 0.05) is 21.2 Å². The van der Waals surface area contributed by atoms with Gasteiger partial charge in [0.05, 0.1) is 0 Å². The Hall–Kier alpha value is 0.01000. The van der Waals surface area contributed by atoms with Crippen LogP contribution >= 0.6 is 27.7 Å². The van der Waals surface area contributed by atoms with Crippen LogP contribution in [0.25, 0.3) is 0 Å². The summed E-state index contributed by atoms with van der Waals surface area (Å²) < 4.78 is 1.15. The van der Waals surface area contributed by atoms with Gasteiger partial charge in [0.1, 0.15) is 0 Å². The van der Waals surface area contributed by atoms with E-state index in [1.165, 1.54) is 30.0 Å². The number of hydrogen-bond acceptors (Lipinski definition) is 2. The monoisotopic (exact) mass is 271 g/mol. The van der Waals surface area contributed by atoms with E-state index in [9.17, 15) is 0 Å². The van der Waals surface area contributed by atoms with Crippen molar-refractivity contribution < 1.29 is 0 Å². The van der Waals surface area contributed by atoms with Crippen LogP contribution in [0.5, 0.6) is 0 Å². The van der Waals surface area contributed by atoms with E-state index in [2.05, 4.69) is 45.5 Å². The maximum Gasteiger partial charge on any atom is 0.0176 e.